The fourth-order valence-electron chi connectivity index (χ4n) is 4.84. The van der Waals surface area contributed by atoms with E-state index in [0.717, 1.165) is 68.1 Å². The summed E-state index contributed by atoms with van der Waals surface area (Å²) in [6.45, 7) is 5.21. The van der Waals surface area contributed by atoms with Crippen LogP contribution in [0, 0.1) is 11.3 Å². The summed E-state index contributed by atoms with van der Waals surface area (Å²) in [5, 5.41) is 20.0. The molecule has 11 nitrogen and oxygen atoms in total. The lowest BCUT2D eigenvalue weighted by molar-refractivity contribution is -0.122. The zero-order valence-corrected chi connectivity index (χ0v) is 24.9. The minimum Gasteiger partial charge on any atom is -0.495 e. The summed E-state index contributed by atoms with van der Waals surface area (Å²) in [5.74, 6) is 1.96. The van der Waals surface area contributed by atoms with Crippen LogP contribution in [0.15, 0.2) is 66.9 Å². The van der Waals surface area contributed by atoms with Gasteiger partial charge in [-0.2, -0.15) is 5.26 Å². The van der Waals surface area contributed by atoms with Crippen molar-refractivity contribution in [1.82, 2.24) is 15.2 Å². The largest absolute Gasteiger partial charge is 0.495 e. The van der Waals surface area contributed by atoms with Crippen LogP contribution < -0.4 is 30.2 Å². The van der Waals surface area contributed by atoms with Gasteiger partial charge >= 0.3 is 0 Å². The molecule has 3 aromatic carbocycles. The van der Waals surface area contributed by atoms with Crippen LogP contribution in [0.25, 0.3) is 10.9 Å². The normalized spacial score (nSPS) is 13.1. The van der Waals surface area contributed by atoms with Crippen molar-refractivity contribution < 1.29 is 23.7 Å². The molecule has 1 saturated heterocycles. The number of carbonyl (C=O) groups is 1. The van der Waals surface area contributed by atoms with Gasteiger partial charge in [0.2, 0.25) is 0 Å². The van der Waals surface area contributed by atoms with Crippen LogP contribution in [0.1, 0.15) is 12.0 Å². The lowest BCUT2D eigenvalue weighted by Crippen LogP contribution is -2.37. The van der Waals surface area contributed by atoms with Crippen LogP contribution in [-0.2, 0) is 9.53 Å². The first kappa shape index (κ1) is 30.4. The van der Waals surface area contributed by atoms with Gasteiger partial charge < -0.3 is 34.9 Å². The third-order valence-electron chi connectivity index (χ3n) is 7.22. The van der Waals surface area contributed by atoms with Crippen molar-refractivity contribution in [2.45, 2.75) is 6.42 Å². The predicted molar refractivity (Wildman–Crippen MR) is 169 cm³/mol. The maximum absolute atomic E-state index is 11.6. The van der Waals surface area contributed by atoms with Crippen LogP contribution in [0.2, 0.25) is 0 Å². The predicted octanol–water partition coefficient (Wildman–Crippen LogP) is 4.91. The molecule has 0 spiro atoms. The summed E-state index contributed by atoms with van der Waals surface area (Å²) in [6, 6.07) is 20.6. The van der Waals surface area contributed by atoms with Gasteiger partial charge in [0.1, 0.15) is 17.6 Å². The van der Waals surface area contributed by atoms with Gasteiger partial charge in [0.25, 0.3) is 5.91 Å². The number of para-hydroxylation sites is 2. The first-order valence-electron chi connectivity index (χ1n) is 14.5. The van der Waals surface area contributed by atoms with Crippen LogP contribution in [-0.4, -0.2) is 75.9 Å². The lowest BCUT2D eigenvalue weighted by atomic mass is 10.1. The Labute approximate surface area is 256 Å². The monoisotopic (exact) mass is 596 g/mol. The number of hydrogen-bond donors (Lipinski definition) is 3. The van der Waals surface area contributed by atoms with E-state index in [1.807, 2.05) is 48.5 Å². The minimum absolute atomic E-state index is 0.113. The van der Waals surface area contributed by atoms with E-state index in [-0.39, 0.29) is 12.5 Å². The molecule has 1 aromatic heterocycles. The molecule has 0 radical (unpaired) electrons. The van der Waals surface area contributed by atoms with Gasteiger partial charge in [-0.1, -0.05) is 12.1 Å². The van der Waals surface area contributed by atoms with E-state index >= 15 is 0 Å². The van der Waals surface area contributed by atoms with Crippen molar-refractivity contribution in [3.05, 3.63) is 72.4 Å². The van der Waals surface area contributed by atoms with Crippen LogP contribution in [0.5, 0.6) is 23.0 Å². The standard InChI is InChI=1S/C33H36N6O5/c1-35-32(40)22-43-29-6-3-4-7-30(29)44-25-10-8-24(9-11-25)38-33-23(20-34)21-37-27-19-28(31(41-2)18-26(27)33)36-12-5-13-39-14-16-42-17-15-39/h3-4,6-11,18-19,21,36H,5,12-17,22H2,1-2H3,(H,35,40)(H,37,38). The molecule has 0 aliphatic carbocycles. The smallest absolute Gasteiger partial charge is 0.257 e. The van der Waals surface area contributed by atoms with Gasteiger partial charge in [-0.3, -0.25) is 14.7 Å². The highest BCUT2D eigenvalue weighted by molar-refractivity contribution is 5.98. The third kappa shape index (κ3) is 7.66. The SMILES string of the molecule is CNC(=O)COc1ccccc1Oc1ccc(Nc2c(C#N)cnc3cc(NCCCN4CCOCC4)c(OC)cc23)cc1. The summed E-state index contributed by atoms with van der Waals surface area (Å²) in [6.07, 6.45) is 2.57. The average Bonchev–Trinajstić information content (AvgIpc) is 3.07. The number of aromatic nitrogens is 1. The zero-order chi connectivity index (χ0) is 30.7. The van der Waals surface area contributed by atoms with Gasteiger partial charge in [0, 0.05) is 44.0 Å². The second kappa shape index (κ2) is 14.9. The van der Waals surface area contributed by atoms with E-state index in [1.165, 1.54) is 0 Å². The summed E-state index contributed by atoms with van der Waals surface area (Å²) in [7, 11) is 3.19. The third-order valence-corrected chi connectivity index (χ3v) is 7.22. The molecule has 1 aliphatic rings. The van der Waals surface area contributed by atoms with Gasteiger partial charge in [-0.15, -0.1) is 0 Å². The maximum Gasteiger partial charge on any atom is 0.257 e. The van der Waals surface area contributed by atoms with Crippen molar-refractivity contribution in [3.63, 3.8) is 0 Å². The van der Waals surface area contributed by atoms with Gasteiger partial charge in [0.15, 0.2) is 18.1 Å². The molecule has 2 heterocycles. The highest BCUT2D eigenvalue weighted by Gasteiger charge is 2.15. The second-order valence-corrected chi connectivity index (χ2v) is 10.1. The van der Waals surface area contributed by atoms with Crippen LogP contribution in [0.4, 0.5) is 17.1 Å². The molecule has 5 rings (SSSR count). The van der Waals surface area contributed by atoms with Gasteiger partial charge in [0.05, 0.1) is 42.8 Å². The lowest BCUT2D eigenvalue weighted by Gasteiger charge is -2.26. The number of anilines is 3. The Balaban J connectivity index is 1.30. The zero-order valence-electron chi connectivity index (χ0n) is 24.9. The fraction of sp³-hybridized carbons (Fsp3) is 0.303. The van der Waals surface area contributed by atoms with Crippen LogP contribution >= 0.6 is 0 Å². The van der Waals surface area contributed by atoms with E-state index in [4.69, 9.17) is 18.9 Å². The number of carbonyl (C=O) groups excluding carboxylic acids is 1. The number of hydrogen-bond acceptors (Lipinski definition) is 10. The van der Waals surface area contributed by atoms with E-state index < -0.39 is 0 Å². The van der Waals surface area contributed by atoms with E-state index in [0.29, 0.717) is 34.2 Å². The van der Waals surface area contributed by atoms with E-state index in [9.17, 15) is 10.1 Å². The number of benzene rings is 3. The summed E-state index contributed by atoms with van der Waals surface area (Å²) in [4.78, 5) is 18.6. The Bertz CT molecular complexity index is 1620. The summed E-state index contributed by atoms with van der Waals surface area (Å²) >= 11 is 0. The molecule has 0 atom stereocenters. The molecule has 0 saturated carbocycles. The topological polar surface area (TPSA) is 130 Å². The minimum atomic E-state index is -0.236. The molecule has 228 valence electrons. The van der Waals surface area contributed by atoms with Crippen molar-refractivity contribution >= 4 is 33.9 Å². The van der Waals surface area contributed by atoms with Gasteiger partial charge in [-0.25, -0.2) is 0 Å². The number of methoxy groups -OCH3 is 1. The molecular formula is C33H36N6O5. The quantitative estimate of drug-likeness (QED) is 0.183. The number of nitrogens with zero attached hydrogens (tertiary/aromatic N) is 3. The molecular weight excluding hydrogens is 560 g/mol. The molecule has 1 amide bonds. The highest BCUT2D eigenvalue weighted by atomic mass is 16.5. The molecule has 0 bridgehead atoms. The Morgan fingerprint density at radius 3 is 2.57 bits per heavy atom. The number of rotatable bonds is 13. The molecule has 1 fully saturated rings. The number of pyridine rings is 1. The van der Waals surface area contributed by atoms with Crippen molar-refractivity contribution in [1.29, 1.82) is 5.26 Å². The Morgan fingerprint density at radius 2 is 1.84 bits per heavy atom. The van der Waals surface area contributed by atoms with Crippen molar-refractivity contribution in [2.75, 3.05) is 70.8 Å². The van der Waals surface area contributed by atoms with Crippen LogP contribution in [0.3, 0.4) is 0 Å². The Morgan fingerprint density at radius 1 is 1.07 bits per heavy atom. The van der Waals surface area contributed by atoms with Crippen molar-refractivity contribution in [3.8, 4) is 29.1 Å². The first-order chi connectivity index (χ1) is 21.6. The van der Waals surface area contributed by atoms with Crippen molar-refractivity contribution in [2.24, 2.45) is 0 Å². The number of ether oxygens (including phenoxy) is 4. The van der Waals surface area contributed by atoms with E-state index in [1.54, 1.807) is 32.5 Å². The number of nitriles is 1. The number of likely N-dealkylation sites (N-methyl/N-ethyl adjacent to an activating group) is 1. The molecule has 1 aliphatic heterocycles. The Kier molecular flexibility index (Phi) is 10.3. The molecule has 4 aromatic rings. The molecule has 11 heteroatoms. The highest BCUT2D eigenvalue weighted by Crippen LogP contribution is 2.37. The van der Waals surface area contributed by atoms with Gasteiger partial charge in [-0.05, 0) is 61.5 Å². The number of fused-ring (bicyclic) bond motifs is 1. The number of morpholine rings is 1. The summed E-state index contributed by atoms with van der Waals surface area (Å²) < 4.78 is 22.8. The maximum atomic E-state index is 11.6. The molecule has 0 unspecified atom stereocenters. The number of nitrogens with one attached hydrogen (secondary N) is 3. The first-order valence-corrected chi connectivity index (χ1v) is 14.5. The Hall–Kier alpha value is -5.05. The fourth-order valence-corrected chi connectivity index (χ4v) is 4.84. The molecule has 3 N–H and O–H groups in total. The second-order valence-electron chi connectivity index (χ2n) is 10.1. The average molecular weight is 597 g/mol. The number of amides is 1. The van der Waals surface area contributed by atoms with E-state index in [2.05, 4.69) is 31.9 Å². The summed E-state index contributed by atoms with van der Waals surface area (Å²) in [5.41, 5.74) is 3.39. The molecule has 44 heavy (non-hydrogen) atoms.